The Morgan fingerprint density at radius 1 is 1.35 bits per heavy atom. The van der Waals surface area contributed by atoms with E-state index in [0.717, 1.165) is 17.9 Å². The predicted molar refractivity (Wildman–Crippen MR) is 75.6 cm³/mol. The molecule has 2 saturated carbocycles. The average molecular weight is 252 g/mol. The van der Waals surface area contributed by atoms with Gasteiger partial charge in [0.15, 0.2) is 5.17 Å². The molecular weight excluding hydrogens is 228 g/mol. The first-order valence-electron chi connectivity index (χ1n) is 7.34. The molecule has 0 radical (unpaired) electrons. The first kappa shape index (κ1) is 11.9. The summed E-state index contributed by atoms with van der Waals surface area (Å²) in [7, 11) is 0. The summed E-state index contributed by atoms with van der Waals surface area (Å²) in [6, 6.07) is 1.40. The molecular formula is C14H24N2S. The van der Waals surface area contributed by atoms with Crippen LogP contribution in [0.25, 0.3) is 0 Å². The molecule has 96 valence electrons. The summed E-state index contributed by atoms with van der Waals surface area (Å²) in [4.78, 5) is 4.95. The Balaban J connectivity index is 1.52. The molecule has 3 heteroatoms. The van der Waals surface area contributed by atoms with Crippen molar-refractivity contribution in [2.24, 2.45) is 16.8 Å². The third-order valence-corrected chi connectivity index (χ3v) is 5.57. The number of amidine groups is 1. The molecule has 0 aromatic carbocycles. The van der Waals surface area contributed by atoms with Crippen LogP contribution in [0.2, 0.25) is 0 Å². The maximum absolute atomic E-state index is 4.95. The number of hydrogen-bond acceptors (Lipinski definition) is 3. The normalized spacial score (nSPS) is 40.4. The van der Waals surface area contributed by atoms with Gasteiger partial charge in [-0.2, -0.15) is 0 Å². The standard InChI is InChI=1S/C14H24N2S/c1-2-5-10-8-13(10)16-14-15-12-7-4-3-6-11(12)9-17-14/h10-13H,2-9H2,1H3,(H,15,16). The fourth-order valence-electron chi connectivity index (χ4n) is 3.28. The first-order valence-corrected chi connectivity index (χ1v) is 8.32. The smallest absolute Gasteiger partial charge is 0.157 e. The van der Waals surface area contributed by atoms with Gasteiger partial charge in [0.25, 0.3) is 0 Å². The lowest BCUT2D eigenvalue weighted by Gasteiger charge is -2.32. The van der Waals surface area contributed by atoms with E-state index in [-0.39, 0.29) is 0 Å². The summed E-state index contributed by atoms with van der Waals surface area (Å²) >= 11 is 1.98. The van der Waals surface area contributed by atoms with Crippen molar-refractivity contribution in [1.29, 1.82) is 0 Å². The zero-order valence-electron chi connectivity index (χ0n) is 10.8. The molecule has 0 aromatic rings. The van der Waals surface area contributed by atoms with Crippen LogP contribution in [0.4, 0.5) is 0 Å². The van der Waals surface area contributed by atoms with Crippen LogP contribution in [0.3, 0.4) is 0 Å². The van der Waals surface area contributed by atoms with Crippen molar-refractivity contribution >= 4 is 16.9 Å². The minimum Gasteiger partial charge on any atom is -0.362 e. The van der Waals surface area contributed by atoms with Gasteiger partial charge >= 0.3 is 0 Å². The van der Waals surface area contributed by atoms with Gasteiger partial charge in [-0.25, -0.2) is 0 Å². The van der Waals surface area contributed by atoms with E-state index < -0.39 is 0 Å². The Labute approximate surface area is 109 Å². The SMILES string of the molecule is CCCC1CC1NC1=NC2CCCCC2CS1. The molecule has 2 aliphatic carbocycles. The van der Waals surface area contributed by atoms with Crippen LogP contribution in [-0.4, -0.2) is 23.0 Å². The summed E-state index contributed by atoms with van der Waals surface area (Å²) in [5.41, 5.74) is 0. The lowest BCUT2D eigenvalue weighted by Crippen LogP contribution is -2.35. The second kappa shape index (κ2) is 5.21. The van der Waals surface area contributed by atoms with E-state index in [9.17, 15) is 0 Å². The molecule has 0 amide bonds. The van der Waals surface area contributed by atoms with Gasteiger partial charge < -0.3 is 5.32 Å². The summed E-state index contributed by atoms with van der Waals surface area (Å²) in [6.45, 7) is 2.29. The molecule has 1 N–H and O–H groups in total. The van der Waals surface area contributed by atoms with E-state index >= 15 is 0 Å². The highest BCUT2D eigenvalue weighted by Crippen LogP contribution is 2.37. The Bertz CT molecular complexity index is 303. The minimum atomic E-state index is 0.649. The van der Waals surface area contributed by atoms with Crippen molar-refractivity contribution in [2.45, 2.75) is 64.0 Å². The van der Waals surface area contributed by atoms with Crippen molar-refractivity contribution in [3.05, 3.63) is 0 Å². The minimum absolute atomic E-state index is 0.649. The summed E-state index contributed by atoms with van der Waals surface area (Å²) in [5.74, 6) is 3.12. The van der Waals surface area contributed by atoms with E-state index in [0.29, 0.717) is 6.04 Å². The Morgan fingerprint density at radius 2 is 2.24 bits per heavy atom. The van der Waals surface area contributed by atoms with Gasteiger partial charge in [-0.15, -0.1) is 0 Å². The third kappa shape index (κ3) is 2.81. The zero-order chi connectivity index (χ0) is 11.7. The maximum Gasteiger partial charge on any atom is 0.157 e. The number of nitrogens with one attached hydrogen (secondary N) is 1. The third-order valence-electron chi connectivity index (χ3n) is 4.48. The Kier molecular flexibility index (Phi) is 3.64. The molecule has 2 nitrogen and oxygen atoms in total. The average Bonchev–Trinajstić information content (AvgIpc) is 3.08. The van der Waals surface area contributed by atoms with Crippen molar-refractivity contribution in [3.8, 4) is 0 Å². The number of rotatable bonds is 3. The molecule has 4 atom stereocenters. The first-order chi connectivity index (χ1) is 8.36. The van der Waals surface area contributed by atoms with Crippen molar-refractivity contribution in [1.82, 2.24) is 5.32 Å². The highest BCUT2D eigenvalue weighted by molar-refractivity contribution is 8.13. The topological polar surface area (TPSA) is 24.4 Å². The van der Waals surface area contributed by atoms with E-state index in [1.807, 2.05) is 11.8 Å². The number of hydrogen-bond donors (Lipinski definition) is 1. The van der Waals surface area contributed by atoms with Crippen molar-refractivity contribution < 1.29 is 0 Å². The molecule has 0 spiro atoms. The van der Waals surface area contributed by atoms with Gasteiger partial charge in [0.2, 0.25) is 0 Å². The molecule has 1 heterocycles. The van der Waals surface area contributed by atoms with Crippen LogP contribution in [0.5, 0.6) is 0 Å². The van der Waals surface area contributed by atoms with Gasteiger partial charge in [-0.1, -0.05) is 37.9 Å². The highest BCUT2D eigenvalue weighted by Gasteiger charge is 2.38. The second-order valence-electron chi connectivity index (χ2n) is 5.89. The highest BCUT2D eigenvalue weighted by atomic mass is 32.2. The van der Waals surface area contributed by atoms with Crippen LogP contribution in [0.1, 0.15) is 51.9 Å². The molecule has 3 rings (SSSR count). The van der Waals surface area contributed by atoms with Gasteiger partial charge in [0, 0.05) is 11.8 Å². The summed E-state index contributed by atoms with van der Waals surface area (Å²) in [5, 5.41) is 4.93. The molecule has 0 saturated heterocycles. The van der Waals surface area contributed by atoms with Crippen LogP contribution in [-0.2, 0) is 0 Å². The van der Waals surface area contributed by atoms with Gasteiger partial charge in [-0.3, -0.25) is 4.99 Å². The lowest BCUT2D eigenvalue weighted by molar-refractivity contribution is 0.335. The summed E-state index contributed by atoms with van der Waals surface area (Å²) < 4.78 is 0. The Hall–Kier alpha value is -0.180. The van der Waals surface area contributed by atoms with E-state index in [1.54, 1.807) is 0 Å². The van der Waals surface area contributed by atoms with Crippen LogP contribution < -0.4 is 5.32 Å². The molecule has 2 fully saturated rings. The van der Waals surface area contributed by atoms with Crippen molar-refractivity contribution in [3.63, 3.8) is 0 Å². The molecule has 0 bridgehead atoms. The van der Waals surface area contributed by atoms with Gasteiger partial charge in [-0.05, 0) is 37.5 Å². The Morgan fingerprint density at radius 3 is 3.12 bits per heavy atom. The molecule has 1 aliphatic heterocycles. The molecule has 0 aromatic heterocycles. The van der Waals surface area contributed by atoms with Gasteiger partial charge in [0.1, 0.15) is 0 Å². The van der Waals surface area contributed by atoms with Crippen molar-refractivity contribution in [2.75, 3.05) is 5.75 Å². The fraction of sp³-hybridized carbons (Fsp3) is 0.929. The summed E-state index contributed by atoms with van der Waals surface area (Å²) in [6.07, 6.45) is 9.66. The number of fused-ring (bicyclic) bond motifs is 1. The quantitative estimate of drug-likeness (QED) is 0.832. The molecule has 3 aliphatic rings. The lowest BCUT2D eigenvalue weighted by atomic mass is 9.86. The predicted octanol–water partition coefficient (Wildman–Crippen LogP) is 3.43. The number of nitrogens with zero attached hydrogens (tertiary/aromatic N) is 1. The van der Waals surface area contributed by atoms with Gasteiger partial charge in [0.05, 0.1) is 6.04 Å². The van der Waals surface area contributed by atoms with E-state index in [2.05, 4.69) is 12.2 Å². The number of aliphatic imine (C=N–C) groups is 1. The second-order valence-corrected chi connectivity index (χ2v) is 6.90. The van der Waals surface area contributed by atoms with E-state index in [1.165, 1.54) is 55.9 Å². The van der Waals surface area contributed by atoms with E-state index in [4.69, 9.17) is 4.99 Å². The molecule has 4 unspecified atom stereocenters. The monoisotopic (exact) mass is 252 g/mol. The molecule has 17 heavy (non-hydrogen) atoms. The van der Waals surface area contributed by atoms with Crippen LogP contribution in [0.15, 0.2) is 4.99 Å². The maximum atomic E-state index is 4.95. The van der Waals surface area contributed by atoms with Crippen LogP contribution >= 0.6 is 11.8 Å². The number of thioether (sulfide) groups is 1. The fourth-order valence-corrected chi connectivity index (χ4v) is 4.48. The zero-order valence-corrected chi connectivity index (χ0v) is 11.6. The largest absolute Gasteiger partial charge is 0.362 e. The van der Waals surface area contributed by atoms with Crippen LogP contribution in [0, 0.1) is 11.8 Å².